The van der Waals surface area contributed by atoms with Crippen molar-refractivity contribution in [2.75, 3.05) is 6.61 Å². The van der Waals surface area contributed by atoms with Crippen molar-refractivity contribution < 1.29 is 29.2 Å². The molecule has 0 bridgehead atoms. The summed E-state index contributed by atoms with van der Waals surface area (Å²) >= 11 is 0. The Balaban J connectivity index is 0.000000244. The van der Waals surface area contributed by atoms with Crippen LogP contribution in [-0.4, -0.2) is 45.6 Å². The maximum atomic E-state index is 11.6. The van der Waals surface area contributed by atoms with Gasteiger partial charge in [-0.05, 0) is 56.9 Å². The Hall–Kier alpha value is -4.35. The normalized spacial score (nSPS) is 12.8. The van der Waals surface area contributed by atoms with E-state index in [1.165, 1.54) is 18.2 Å². The van der Waals surface area contributed by atoms with Crippen LogP contribution in [0.4, 0.5) is 11.4 Å². The molecular weight excluding hydrogens is 484 g/mol. The van der Waals surface area contributed by atoms with Crippen LogP contribution in [0.25, 0.3) is 0 Å². The van der Waals surface area contributed by atoms with Gasteiger partial charge in [0.15, 0.2) is 11.5 Å². The number of fused-ring (bicyclic) bond motifs is 2. The molecule has 0 fully saturated rings. The number of aromatic hydroxyl groups is 1. The first kappa shape index (κ1) is 27.2. The van der Waals surface area contributed by atoms with E-state index in [1.54, 1.807) is 18.5 Å². The topological polar surface area (TPSA) is 167 Å². The number of hydrogen-bond acceptors (Lipinski definition) is 10. The monoisotopic (exact) mass is 512 g/mol. The van der Waals surface area contributed by atoms with Crippen LogP contribution in [0, 0.1) is 20.2 Å². The highest BCUT2D eigenvalue weighted by Gasteiger charge is 2.21. The zero-order valence-corrected chi connectivity index (χ0v) is 20.8. The smallest absolute Gasteiger partial charge is 0.311 e. The fourth-order valence-electron chi connectivity index (χ4n) is 3.61. The standard InChI is InChI=1S/C17H22N2O5.C8H6N2O3/c1-17(2,3)24-16(20)6-4-5-7-23-15-9-13-11-18-10-12(13)8-14(15)19(21)22;11-8-2-6-4-9-3-5(6)1-7(8)10(12)13/h8-10H,4-7,11H2,1-3H3;1-3,11H,4H2. The van der Waals surface area contributed by atoms with Crippen LogP contribution < -0.4 is 4.74 Å². The number of carbonyl (C=O) groups excluding carboxylic acids is 1. The summed E-state index contributed by atoms with van der Waals surface area (Å²) in [5.74, 6) is -0.293. The summed E-state index contributed by atoms with van der Waals surface area (Å²) in [5.41, 5.74) is 2.40. The van der Waals surface area contributed by atoms with Crippen molar-refractivity contribution >= 4 is 29.8 Å². The van der Waals surface area contributed by atoms with Gasteiger partial charge in [-0.15, -0.1) is 0 Å². The number of phenols is 1. The molecule has 0 aromatic heterocycles. The molecule has 2 aromatic rings. The number of ether oxygens (including phenoxy) is 2. The molecule has 4 rings (SSSR count). The maximum absolute atomic E-state index is 11.6. The van der Waals surface area contributed by atoms with Crippen molar-refractivity contribution in [3.8, 4) is 11.5 Å². The highest BCUT2D eigenvalue weighted by molar-refractivity contribution is 5.87. The number of esters is 1. The van der Waals surface area contributed by atoms with Gasteiger partial charge in [0, 0.05) is 42.1 Å². The predicted octanol–water partition coefficient (Wildman–Crippen LogP) is 4.65. The van der Waals surface area contributed by atoms with Crippen molar-refractivity contribution in [1.29, 1.82) is 0 Å². The molecule has 0 aliphatic carbocycles. The molecule has 12 nitrogen and oxygen atoms in total. The van der Waals surface area contributed by atoms with Crippen molar-refractivity contribution in [2.45, 2.75) is 58.7 Å². The van der Waals surface area contributed by atoms with E-state index in [4.69, 9.17) is 9.47 Å². The molecular formula is C25H28N4O8. The summed E-state index contributed by atoms with van der Waals surface area (Å²) in [7, 11) is 0. The minimum absolute atomic E-state index is 0.0609. The van der Waals surface area contributed by atoms with Crippen LogP contribution in [0.3, 0.4) is 0 Å². The first-order valence-corrected chi connectivity index (χ1v) is 11.6. The summed E-state index contributed by atoms with van der Waals surface area (Å²) in [6.07, 6.45) is 4.73. The lowest BCUT2D eigenvalue weighted by atomic mass is 10.1. The van der Waals surface area contributed by atoms with Gasteiger partial charge >= 0.3 is 17.3 Å². The molecule has 0 saturated heterocycles. The maximum Gasteiger partial charge on any atom is 0.311 e. The van der Waals surface area contributed by atoms with E-state index in [0.717, 1.165) is 16.7 Å². The quantitative estimate of drug-likeness (QED) is 0.231. The minimum Gasteiger partial charge on any atom is -0.502 e. The van der Waals surface area contributed by atoms with Crippen molar-refractivity contribution in [3.05, 3.63) is 66.7 Å². The summed E-state index contributed by atoms with van der Waals surface area (Å²) in [6.45, 7) is 6.78. The molecule has 2 aliphatic rings. The van der Waals surface area contributed by atoms with Gasteiger partial charge in [-0.2, -0.15) is 0 Å². The summed E-state index contributed by atoms with van der Waals surface area (Å²) in [4.78, 5) is 40.1. The second kappa shape index (κ2) is 11.6. The number of phenolic OH excluding ortho intramolecular Hbond substituents is 1. The average molecular weight is 513 g/mol. The molecule has 0 amide bonds. The fourth-order valence-corrected chi connectivity index (χ4v) is 3.61. The number of nitro benzene ring substituents is 2. The van der Waals surface area contributed by atoms with E-state index < -0.39 is 15.4 Å². The zero-order chi connectivity index (χ0) is 27.2. The van der Waals surface area contributed by atoms with E-state index in [2.05, 4.69) is 9.98 Å². The lowest BCUT2D eigenvalue weighted by Crippen LogP contribution is -2.23. The molecule has 2 heterocycles. The Labute approximate surface area is 213 Å². The Kier molecular flexibility index (Phi) is 8.53. The van der Waals surface area contributed by atoms with Crippen LogP contribution in [0.5, 0.6) is 11.5 Å². The van der Waals surface area contributed by atoms with Crippen LogP contribution >= 0.6 is 0 Å². The number of hydrogen-bond donors (Lipinski definition) is 1. The minimum atomic E-state index is -0.609. The highest BCUT2D eigenvalue weighted by atomic mass is 16.6. The van der Waals surface area contributed by atoms with Crippen molar-refractivity contribution in [3.63, 3.8) is 0 Å². The van der Waals surface area contributed by atoms with E-state index in [1.807, 2.05) is 20.8 Å². The van der Waals surface area contributed by atoms with Crippen LogP contribution in [-0.2, 0) is 22.6 Å². The first-order chi connectivity index (χ1) is 17.4. The number of unbranched alkanes of at least 4 members (excludes halogenated alkanes) is 1. The SMILES string of the molecule is CC(C)(C)OC(=O)CCCCOc1cc2c(cc1[N+](=O)[O-])C=NC2.O=[N+]([O-])c1cc2c(cc1O)CN=C2. The molecule has 37 heavy (non-hydrogen) atoms. The van der Waals surface area contributed by atoms with Gasteiger partial charge in [0.2, 0.25) is 0 Å². The molecule has 2 aromatic carbocycles. The highest BCUT2D eigenvalue weighted by Crippen LogP contribution is 2.33. The van der Waals surface area contributed by atoms with Gasteiger partial charge in [0.25, 0.3) is 0 Å². The van der Waals surface area contributed by atoms with Gasteiger partial charge in [-0.1, -0.05) is 0 Å². The number of aliphatic imine (C=N–C) groups is 2. The number of nitro groups is 2. The van der Waals surface area contributed by atoms with Crippen molar-refractivity contribution in [1.82, 2.24) is 0 Å². The Morgan fingerprint density at radius 1 is 0.946 bits per heavy atom. The molecule has 0 spiro atoms. The number of benzene rings is 2. The molecule has 0 saturated carbocycles. The third kappa shape index (κ3) is 7.56. The molecule has 0 unspecified atom stereocenters. The fraction of sp³-hybridized carbons (Fsp3) is 0.400. The third-order valence-electron chi connectivity index (χ3n) is 5.29. The van der Waals surface area contributed by atoms with E-state index in [0.29, 0.717) is 44.5 Å². The van der Waals surface area contributed by atoms with Crippen molar-refractivity contribution in [2.24, 2.45) is 9.98 Å². The molecule has 0 radical (unpaired) electrons. The van der Waals surface area contributed by atoms with Gasteiger partial charge in [0.1, 0.15) is 5.60 Å². The largest absolute Gasteiger partial charge is 0.502 e. The third-order valence-corrected chi connectivity index (χ3v) is 5.29. The molecule has 1 N–H and O–H groups in total. The predicted molar refractivity (Wildman–Crippen MR) is 136 cm³/mol. The van der Waals surface area contributed by atoms with E-state index in [9.17, 15) is 30.1 Å². The second-order valence-corrected chi connectivity index (χ2v) is 9.40. The summed E-state index contributed by atoms with van der Waals surface area (Å²) in [6, 6.07) is 5.89. The Bertz CT molecular complexity index is 1260. The average Bonchev–Trinajstić information content (AvgIpc) is 3.45. The van der Waals surface area contributed by atoms with Gasteiger partial charge in [-0.3, -0.25) is 35.0 Å². The van der Waals surface area contributed by atoms with Crippen LogP contribution in [0.1, 0.15) is 62.3 Å². The first-order valence-electron chi connectivity index (χ1n) is 11.6. The van der Waals surface area contributed by atoms with E-state index >= 15 is 0 Å². The Morgan fingerprint density at radius 3 is 2.08 bits per heavy atom. The second-order valence-electron chi connectivity index (χ2n) is 9.40. The number of nitrogens with zero attached hydrogens (tertiary/aromatic N) is 4. The number of carbonyl (C=O) groups is 1. The molecule has 0 atom stereocenters. The Morgan fingerprint density at radius 2 is 1.51 bits per heavy atom. The summed E-state index contributed by atoms with van der Waals surface area (Å²) in [5, 5.41) is 30.8. The summed E-state index contributed by atoms with van der Waals surface area (Å²) < 4.78 is 10.8. The lowest BCUT2D eigenvalue weighted by Gasteiger charge is -2.19. The molecule has 12 heteroatoms. The number of rotatable bonds is 8. The lowest BCUT2D eigenvalue weighted by molar-refractivity contribution is -0.386. The van der Waals surface area contributed by atoms with Gasteiger partial charge < -0.3 is 14.6 Å². The zero-order valence-electron chi connectivity index (χ0n) is 20.8. The van der Waals surface area contributed by atoms with Crippen LogP contribution in [0.15, 0.2) is 34.3 Å². The van der Waals surface area contributed by atoms with Gasteiger partial charge in [-0.25, -0.2) is 0 Å². The van der Waals surface area contributed by atoms with Gasteiger partial charge in [0.05, 0.1) is 29.5 Å². The molecule has 2 aliphatic heterocycles. The van der Waals surface area contributed by atoms with Crippen LogP contribution in [0.2, 0.25) is 0 Å². The van der Waals surface area contributed by atoms with E-state index in [-0.39, 0.29) is 28.8 Å². The molecule has 196 valence electrons.